The molecule has 0 atom stereocenters. The lowest BCUT2D eigenvalue weighted by Crippen LogP contribution is -2.31. The zero-order valence-corrected chi connectivity index (χ0v) is 10.8. The number of ether oxygens (including phenoxy) is 1. The van der Waals surface area contributed by atoms with Crippen molar-refractivity contribution < 1.29 is 9.53 Å². The van der Waals surface area contributed by atoms with E-state index in [2.05, 4.69) is 4.98 Å². The van der Waals surface area contributed by atoms with E-state index in [0.717, 1.165) is 16.6 Å². The SMILES string of the molecule is COCCN(C)C(=O)Cc1cc2ccccc2[nH]1. The maximum Gasteiger partial charge on any atom is 0.228 e. The van der Waals surface area contributed by atoms with Gasteiger partial charge in [-0.2, -0.15) is 0 Å². The molecule has 1 aromatic heterocycles. The Kier molecular flexibility index (Phi) is 3.99. The van der Waals surface area contributed by atoms with Gasteiger partial charge in [0.25, 0.3) is 0 Å². The number of amides is 1. The van der Waals surface area contributed by atoms with Crippen LogP contribution in [-0.2, 0) is 16.0 Å². The summed E-state index contributed by atoms with van der Waals surface area (Å²) in [5.74, 6) is 0.0959. The van der Waals surface area contributed by atoms with Gasteiger partial charge in [0.2, 0.25) is 5.91 Å². The number of nitrogens with one attached hydrogen (secondary N) is 1. The van der Waals surface area contributed by atoms with Crippen LogP contribution in [0.4, 0.5) is 0 Å². The normalized spacial score (nSPS) is 10.8. The average molecular weight is 246 g/mol. The van der Waals surface area contributed by atoms with Crippen molar-refractivity contribution in [3.8, 4) is 0 Å². The predicted molar refractivity (Wildman–Crippen MR) is 71.5 cm³/mol. The van der Waals surface area contributed by atoms with Crippen LogP contribution in [0.5, 0.6) is 0 Å². The van der Waals surface area contributed by atoms with Crippen LogP contribution >= 0.6 is 0 Å². The van der Waals surface area contributed by atoms with E-state index in [1.165, 1.54) is 0 Å². The van der Waals surface area contributed by atoms with Crippen molar-refractivity contribution in [2.45, 2.75) is 6.42 Å². The van der Waals surface area contributed by atoms with Crippen molar-refractivity contribution in [1.82, 2.24) is 9.88 Å². The number of nitrogens with zero attached hydrogens (tertiary/aromatic N) is 1. The molecule has 1 N–H and O–H groups in total. The van der Waals surface area contributed by atoms with Gasteiger partial charge in [0.05, 0.1) is 13.0 Å². The Bertz CT molecular complexity index is 500. The maximum absolute atomic E-state index is 11.9. The molecule has 0 saturated carbocycles. The number of methoxy groups -OCH3 is 1. The molecular formula is C14H18N2O2. The van der Waals surface area contributed by atoms with E-state index in [9.17, 15) is 4.79 Å². The lowest BCUT2D eigenvalue weighted by atomic mass is 10.2. The summed E-state index contributed by atoms with van der Waals surface area (Å²) in [6.45, 7) is 1.19. The second kappa shape index (κ2) is 5.69. The number of benzene rings is 1. The molecule has 0 saturated heterocycles. The summed E-state index contributed by atoms with van der Waals surface area (Å²) >= 11 is 0. The van der Waals surface area contributed by atoms with Gasteiger partial charge in [0, 0.05) is 31.9 Å². The van der Waals surface area contributed by atoms with E-state index in [4.69, 9.17) is 4.74 Å². The molecule has 0 aliphatic carbocycles. The standard InChI is InChI=1S/C14H18N2O2/c1-16(7-8-18-2)14(17)10-12-9-11-5-3-4-6-13(11)15-12/h3-6,9,15H,7-8,10H2,1-2H3. The molecule has 2 aromatic rings. The highest BCUT2D eigenvalue weighted by Crippen LogP contribution is 2.15. The number of carbonyl (C=O) groups excluding carboxylic acids is 1. The van der Waals surface area contributed by atoms with Gasteiger partial charge in [0.1, 0.15) is 0 Å². The summed E-state index contributed by atoms with van der Waals surface area (Å²) in [5.41, 5.74) is 2.02. The van der Waals surface area contributed by atoms with E-state index in [-0.39, 0.29) is 5.91 Å². The van der Waals surface area contributed by atoms with Gasteiger partial charge in [-0.1, -0.05) is 18.2 Å². The van der Waals surface area contributed by atoms with Crippen molar-refractivity contribution in [2.24, 2.45) is 0 Å². The molecule has 0 aliphatic heterocycles. The smallest absolute Gasteiger partial charge is 0.228 e. The van der Waals surface area contributed by atoms with Crippen LogP contribution < -0.4 is 0 Å². The summed E-state index contributed by atoms with van der Waals surface area (Å²) in [4.78, 5) is 16.9. The molecule has 4 heteroatoms. The van der Waals surface area contributed by atoms with E-state index in [1.807, 2.05) is 30.3 Å². The third-order valence-electron chi connectivity index (χ3n) is 2.98. The number of hydrogen-bond acceptors (Lipinski definition) is 2. The first-order chi connectivity index (χ1) is 8.70. The van der Waals surface area contributed by atoms with E-state index in [0.29, 0.717) is 19.6 Å². The molecule has 2 rings (SSSR count). The van der Waals surface area contributed by atoms with E-state index in [1.54, 1.807) is 19.1 Å². The minimum absolute atomic E-state index is 0.0959. The lowest BCUT2D eigenvalue weighted by molar-refractivity contribution is -0.129. The zero-order valence-electron chi connectivity index (χ0n) is 10.8. The van der Waals surface area contributed by atoms with Crippen molar-refractivity contribution in [2.75, 3.05) is 27.3 Å². The highest BCUT2D eigenvalue weighted by molar-refractivity contribution is 5.84. The molecule has 0 unspecified atom stereocenters. The molecule has 0 fully saturated rings. The van der Waals surface area contributed by atoms with Crippen LogP contribution in [0.2, 0.25) is 0 Å². The van der Waals surface area contributed by atoms with Gasteiger partial charge in [-0.05, 0) is 17.5 Å². The van der Waals surface area contributed by atoms with Gasteiger partial charge >= 0.3 is 0 Å². The van der Waals surface area contributed by atoms with Gasteiger partial charge in [-0.3, -0.25) is 4.79 Å². The molecule has 18 heavy (non-hydrogen) atoms. The first-order valence-electron chi connectivity index (χ1n) is 6.00. The lowest BCUT2D eigenvalue weighted by Gasteiger charge is -2.15. The molecule has 96 valence electrons. The fraction of sp³-hybridized carbons (Fsp3) is 0.357. The van der Waals surface area contributed by atoms with Crippen LogP contribution in [0, 0.1) is 0 Å². The Morgan fingerprint density at radius 3 is 2.89 bits per heavy atom. The number of aromatic amines is 1. The van der Waals surface area contributed by atoms with Crippen LogP contribution in [-0.4, -0.2) is 43.1 Å². The summed E-state index contributed by atoms with van der Waals surface area (Å²) in [6, 6.07) is 10.0. The second-order valence-electron chi connectivity index (χ2n) is 4.37. The number of rotatable bonds is 5. The molecule has 1 aromatic carbocycles. The number of hydrogen-bond donors (Lipinski definition) is 1. The molecule has 0 radical (unpaired) electrons. The van der Waals surface area contributed by atoms with Gasteiger partial charge in [0.15, 0.2) is 0 Å². The molecule has 0 bridgehead atoms. The number of fused-ring (bicyclic) bond motifs is 1. The number of aromatic nitrogens is 1. The Balaban J connectivity index is 2.02. The number of para-hydroxylation sites is 1. The fourth-order valence-electron chi connectivity index (χ4n) is 1.88. The molecule has 1 heterocycles. The fourth-order valence-corrected chi connectivity index (χ4v) is 1.88. The third kappa shape index (κ3) is 2.90. The van der Waals surface area contributed by atoms with Gasteiger partial charge in [-0.15, -0.1) is 0 Å². The Morgan fingerprint density at radius 2 is 2.17 bits per heavy atom. The number of H-pyrrole nitrogens is 1. The molecule has 0 spiro atoms. The monoisotopic (exact) mass is 246 g/mol. The average Bonchev–Trinajstić information content (AvgIpc) is 2.77. The van der Waals surface area contributed by atoms with Crippen molar-refractivity contribution in [3.05, 3.63) is 36.0 Å². The van der Waals surface area contributed by atoms with Crippen LogP contribution in [0.15, 0.2) is 30.3 Å². The topological polar surface area (TPSA) is 45.3 Å². The third-order valence-corrected chi connectivity index (χ3v) is 2.98. The van der Waals surface area contributed by atoms with Gasteiger partial charge < -0.3 is 14.6 Å². The summed E-state index contributed by atoms with van der Waals surface area (Å²) in [6.07, 6.45) is 0.398. The first kappa shape index (κ1) is 12.6. The van der Waals surface area contributed by atoms with E-state index >= 15 is 0 Å². The largest absolute Gasteiger partial charge is 0.383 e. The summed E-state index contributed by atoms with van der Waals surface area (Å²) in [5, 5.41) is 1.14. The minimum atomic E-state index is 0.0959. The summed E-state index contributed by atoms with van der Waals surface area (Å²) in [7, 11) is 3.43. The number of carbonyl (C=O) groups is 1. The van der Waals surface area contributed by atoms with Crippen molar-refractivity contribution >= 4 is 16.8 Å². The molecular weight excluding hydrogens is 228 g/mol. The van der Waals surface area contributed by atoms with Gasteiger partial charge in [-0.25, -0.2) is 0 Å². The van der Waals surface area contributed by atoms with Crippen molar-refractivity contribution in [1.29, 1.82) is 0 Å². The predicted octanol–water partition coefficient (Wildman–Crippen LogP) is 1.82. The number of likely N-dealkylation sites (N-methyl/N-ethyl adjacent to an activating group) is 1. The Hall–Kier alpha value is -1.81. The van der Waals surface area contributed by atoms with Crippen molar-refractivity contribution in [3.63, 3.8) is 0 Å². The molecule has 0 aliphatic rings. The zero-order chi connectivity index (χ0) is 13.0. The van der Waals surface area contributed by atoms with E-state index < -0.39 is 0 Å². The Labute approximate surface area is 107 Å². The quantitative estimate of drug-likeness (QED) is 0.874. The Morgan fingerprint density at radius 1 is 1.39 bits per heavy atom. The van der Waals surface area contributed by atoms with Crippen LogP contribution in [0.1, 0.15) is 5.69 Å². The minimum Gasteiger partial charge on any atom is -0.383 e. The highest BCUT2D eigenvalue weighted by Gasteiger charge is 2.10. The van der Waals surface area contributed by atoms with Crippen LogP contribution in [0.3, 0.4) is 0 Å². The molecule has 1 amide bonds. The maximum atomic E-state index is 11.9. The highest BCUT2D eigenvalue weighted by atomic mass is 16.5. The summed E-state index contributed by atoms with van der Waals surface area (Å²) < 4.78 is 4.96. The second-order valence-corrected chi connectivity index (χ2v) is 4.37. The molecule has 4 nitrogen and oxygen atoms in total. The van der Waals surface area contributed by atoms with Crippen LogP contribution in [0.25, 0.3) is 10.9 Å². The first-order valence-corrected chi connectivity index (χ1v) is 6.00.